The van der Waals surface area contributed by atoms with Gasteiger partial charge in [-0.25, -0.2) is 9.78 Å². The standard InChI is InChI=1S/C14H14N4O4/c1-9(2)17-10(5-6-16-17)3-4-13-12(14(19)20)7-11(8-15-13)18(21)22/h3-9H,1-2H3,(H,19,20)/b4-3+. The predicted octanol–water partition coefficient (Wildman–Crippen LogP) is 2.64. The topological polar surface area (TPSA) is 111 Å². The molecule has 114 valence electrons. The van der Waals surface area contributed by atoms with E-state index in [-0.39, 0.29) is 23.0 Å². The minimum atomic E-state index is -1.27. The van der Waals surface area contributed by atoms with Crippen LogP contribution in [0.1, 0.15) is 41.6 Å². The highest BCUT2D eigenvalue weighted by Crippen LogP contribution is 2.18. The zero-order valence-corrected chi connectivity index (χ0v) is 12.0. The Hall–Kier alpha value is -3.03. The molecule has 0 atom stereocenters. The average molecular weight is 302 g/mol. The van der Waals surface area contributed by atoms with Crippen LogP contribution in [0.3, 0.4) is 0 Å². The summed E-state index contributed by atoms with van der Waals surface area (Å²) in [5.41, 5.74) is 0.351. The third-order valence-electron chi connectivity index (χ3n) is 2.95. The second-order valence-electron chi connectivity index (χ2n) is 4.82. The van der Waals surface area contributed by atoms with Gasteiger partial charge in [0.05, 0.1) is 21.9 Å². The van der Waals surface area contributed by atoms with E-state index < -0.39 is 10.9 Å². The number of pyridine rings is 1. The van der Waals surface area contributed by atoms with E-state index in [9.17, 15) is 14.9 Å². The first kappa shape index (κ1) is 15.4. The van der Waals surface area contributed by atoms with Gasteiger partial charge in [0.2, 0.25) is 0 Å². The molecule has 22 heavy (non-hydrogen) atoms. The van der Waals surface area contributed by atoms with Crippen molar-refractivity contribution in [1.82, 2.24) is 14.8 Å². The van der Waals surface area contributed by atoms with Gasteiger partial charge in [-0.1, -0.05) is 0 Å². The highest BCUT2D eigenvalue weighted by Gasteiger charge is 2.16. The van der Waals surface area contributed by atoms with Crippen molar-refractivity contribution < 1.29 is 14.8 Å². The van der Waals surface area contributed by atoms with Crippen molar-refractivity contribution in [2.75, 3.05) is 0 Å². The number of aromatic nitrogens is 3. The Morgan fingerprint density at radius 2 is 2.18 bits per heavy atom. The maximum absolute atomic E-state index is 11.2. The lowest BCUT2D eigenvalue weighted by Crippen LogP contribution is -2.05. The minimum Gasteiger partial charge on any atom is -0.478 e. The largest absolute Gasteiger partial charge is 0.478 e. The van der Waals surface area contributed by atoms with Gasteiger partial charge in [0, 0.05) is 18.3 Å². The minimum absolute atomic E-state index is 0.148. The molecule has 2 aromatic heterocycles. The monoisotopic (exact) mass is 302 g/mol. The molecule has 2 rings (SSSR count). The summed E-state index contributed by atoms with van der Waals surface area (Å²) in [6, 6.07) is 2.93. The number of nitrogens with zero attached hydrogens (tertiary/aromatic N) is 4. The lowest BCUT2D eigenvalue weighted by Gasteiger charge is -2.07. The fourth-order valence-electron chi connectivity index (χ4n) is 1.92. The maximum atomic E-state index is 11.2. The Kier molecular flexibility index (Phi) is 4.31. The molecule has 0 bridgehead atoms. The van der Waals surface area contributed by atoms with Crippen LogP contribution in [0.5, 0.6) is 0 Å². The van der Waals surface area contributed by atoms with Crippen LogP contribution in [0.4, 0.5) is 5.69 Å². The van der Waals surface area contributed by atoms with Gasteiger partial charge in [-0.05, 0) is 32.1 Å². The molecule has 0 radical (unpaired) electrons. The number of rotatable bonds is 5. The number of nitro groups is 1. The van der Waals surface area contributed by atoms with Gasteiger partial charge in [-0.15, -0.1) is 0 Å². The summed E-state index contributed by atoms with van der Waals surface area (Å²) < 4.78 is 1.77. The normalized spacial score (nSPS) is 11.2. The van der Waals surface area contributed by atoms with Crippen LogP contribution in [0, 0.1) is 10.1 Å². The smallest absolute Gasteiger partial charge is 0.338 e. The Morgan fingerprint density at radius 1 is 1.45 bits per heavy atom. The van der Waals surface area contributed by atoms with Crippen LogP contribution in [0.2, 0.25) is 0 Å². The van der Waals surface area contributed by atoms with Gasteiger partial charge >= 0.3 is 5.97 Å². The lowest BCUT2D eigenvalue weighted by molar-refractivity contribution is -0.385. The molecule has 8 heteroatoms. The fraction of sp³-hybridized carbons (Fsp3) is 0.214. The van der Waals surface area contributed by atoms with Crippen molar-refractivity contribution >= 4 is 23.8 Å². The first-order valence-electron chi connectivity index (χ1n) is 6.49. The van der Waals surface area contributed by atoms with Crippen LogP contribution in [0.15, 0.2) is 24.5 Å². The molecule has 0 spiro atoms. The highest BCUT2D eigenvalue weighted by atomic mass is 16.6. The van der Waals surface area contributed by atoms with Gasteiger partial charge in [0.15, 0.2) is 0 Å². The second-order valence-corrected chi connectivity index (χ2v) is 4.82. The summed E-state index contributed by atoms with van der Waals surface area (Å²) in [4.78, 5) is 25.1. The van der Waals surface area contributed by atoms with Crippen LogP contribution < -0.4 is 0 Å². The lowest BCUT2D eigenvalue weighted by atomic mass is 10.1. The van der Waals surface area contributed by atoms with Crippen LogP contribution >= 0.6 is 0 Å². The van der Waals surface area contributed by atoms with E-state index in [1.807, 2.05) is 13.8 Å². The summed E-state index contributed by atoms with van der Waals surface area (Å²) in [7, 11) is 0. The molecule has 0 aromatic carbocycles. The molecule has 0 amide bonds. The highest BCUT2D eigenvalue weighted by molar-refractivity contribution is 5.93. The van der Waals surface area contributed by atoms with Crippen LogP contribution in [0.25, 0.3) is 12.2 Å². The third-order valence-corrected chi connectivity index (χ3v) is 2.95. The van der Waals surface area contributed by atoms with Crippen LogP contribution in [-0.4, -0.2) is 30.8 Å². The van der Waals surface area contributed by atoms with E-state index in [0.717, 1.165) is 18.0 Å². The van der Waals surface area contributed by atoms with Gasteiger partial charge in [-0.2, -0.15) is 5.10 Å². The van der Waals surface area contributed by atoms with Gasteiger partial charge < -0.3 is 5.11 Å². The average Bonchev–Trinajstić information content (AvgIpc) is 2.93. The van der Waals surface area contributed by atoms with Gasteiger partial charge in [-0.3, -0.25) is 14.8 Å². The van der Waals surface area contributed by atoms with E-state index in [4.69, 9.17) is 5.11 Å². The Morgan fingerprint density at radius 3 is 2.77 bits per heavy atom. The second kappa shape index (κ2) is 6.17. The number of aromatic carboxylic acids is 1. The summed E-state index contributed by atoms with van der Waals surface area (Å²) in [5.74, 6) is -1.27. The van der Waals surface area contributed by atoms with E-state index in [0.29, 0.717) is 0 Å². The summed E-state index contributed by atoms with van der Waals surface area (Å²) in [6.45, 7) is 3.94. The predicted molar refractivity (Wildman–Crippen MR) is 79.4 cm³/mol. The number of carbonyl (C=O) groups is 1. The first-order chi connectivity index (χ1) is 10.4. The van der Waals surface area contributed by atoms with Crippen molar-refractivity contribution in [1.29, 1.82) is 0 Å². The number of carboxylic acid groups (broad SMARTS) is 1. The SMILES string of the molecule is CC(C)n1nccc1/C=C/c1ncc([N+](=O)[O-])cc1C(=O)O. The number of hydrogen-bond acceptors (Lipinski definition) is 5. The zero-order valence-electron chi connectivity index (χ0n) is 12.0. The van der Waals surface area contributed by atoms with Crippen molar-refractivity contribution in [3.05, 3.63) is 51.6 Å². The van der Waals surface area contributed by atoms with Crippen LogP contribution in [-0.2, 0) is 0 Å². The molecule has 2 aromatic rings. The molecule has 0 aliphatic carbocycles. The summed E-state index contributed by atoms with van der Waals surface area (Å²) in [5, 5.41) is 24.0. The Balaban J connectivity index is 2.40. The Bertz CT molecular complexity index is 749. The van der Waals surface area contributed by atoms with E-state index in [1.165, 1.54) is 6.08 Å². The van der Waals surface area contributed by atoms with Gasteiger partial charge in [0.25, 0.3) is 5.69 Å². The molecule has 8 nitrogen and oxygen atoms in total. The molecule has 0 fully saturated rings. The van der Waals surface area contributed by atoms with Gasteiger partial charge in [0.1, 0.15) is 6.20 Å². The molecule has 0 saturated carbocycles. The number of hydrogen-bond donors (Lipinski definition) is 1. The first-order valence-corrected chi connectivity index (χ1v) is 6.49. The molecule has 0 aliphatic heterocycles. The van der Waals surface area contributed by atoms with Crippen molar-refractivity contribution in [3.8, 4) is 0 Å². The molecular formula is C14H14N4O4. The quantitative estimate of drug-likeness (QED) is 0.671. The molecule has 0 aliphatic rings. The molecule has 2 heterocycles. The molecule has 0 unspecified atom stereocenters. The molecular weight excluding hydrogens is 288 g/mol. The molecule has 0 saturated heterocycles. The van der Waals surface area contributed by atoms with E-state index >= 15 is 0 Å². The Labute approximate surface area is 125 Å². The van der Waals surface area contributed by atoms with E-state index in [1.54, 1.807) is 23.0 Å². The summed E-state index contributed by atoms with van der Waals surface area (Å²) >= 11 is 0. The maximum Gasteiger partial charge on any atom is 0.338 e. The fourth-order valence-corrected chi connectivity index (χ4v) is 1.92. The van der Waals surface area contributed by atoms with E-state index in [2.05, 4.69) is 10.1 Å². The molecule has 1 N–H and O–H groups in total. The third kappa shape index (κ3) is 3.17. The zero-order chi connectivity index (χ0) is 16.3. The van der Waals surface area contributed by atoms with Crippen molar-refractivity contribution in [2.24, 2.45) is 0 Å². The van der Waals surface area contributed by atoms with Crippen molar-refractivity contribution in [2.45, 2.75) is 19.9 Å². The summed E-state index contributed by atoms with van der Waals surface area (Å²) in [6.07, 6.45) is 5.85. The van der Waals surface area contributed by atoms with Crippen molar-refractivity contribution in [3.63, 3.8) is 0 Å². The number of carboxylic acids is 1.